The summed E-state index contributed by atoms with van der Waals surface area (Å²) in [4.78, 5) is 16.5. The maximum absolute atomic E-state index is 11.9. The summed E-state index contributed by atoms with van der Waals surface area (Å²) >= 11 is 4.84. The van der Waals surface area contributed by atoms with Gasteiger partial charge in [-0.25, -0.2) is 0 Å². The largest absolute Gasteiger partial charge is 0.381 e. The van der Waals surface area contributed by atoms with Crippen LogP contribution in [0.25, 0.3) is 0 Å². The molecule has 1 fully saturated rings. The Morgan fingerprint density at radius 2 is 2.38 bits per heavy atom. The standard InChI is InChI=1S/C10H13BrN2O2S/c11-6-10(1-3-15-4-2-10)13-9(14)8-5-12-7-16-8/h5,7H,1-4,6H2,(H,13,14). The average molecular weight is 305 g/mol. The maximum Gasteiger partial charge on any atom is 0.263 e. The lowest BCUT2D eigenvalue weighted by Gasteiger charge is -2.36. The molecule has 1 aromatic heterocycles. The number of carbonyl (C=O) groups excluding carboxylic acids is 1. The van der Waals surface area contributed by atoms with Gasteiger partial charge in [-0.2, -0.15) is 0 Å². The first-order chi connectivity index (χ1) is 7.76. The minimum absolute atomic E-state index is 0.0381. The molecule has 0 aromatic carbocycles. The highest BCUT2D eigenvalue weighted by Crippen LogP contribution is 2.23. The Kier molecular flexibility index (Phi) is 3.94. The van der Waals surface area contributed by atoms with E-state index in [1.54, 1.807) is 11.7 Å². The van der Waals surface area contributed by atoms with E-state index in [1.165, 1.54) is 11.3 Å². The zero-order valence-corrected chi connectivity index (χ0v) is 11.1. The molecule has 1 saturated heterocycles. The minimum Gasteiger partial charge on any atom is -0.381 e. The molecule has 0 bridgehead atoms. The molecule has 2 rings (SSSR count). The van der Waals surface area contributed by atoms with Crippen molar-refractivity contribution in [2.75, 3.05) is 18.5 Å². The first-order valence-corrected chi connectivity index (χ1v) is 7.11. The summed E-state index contributed by atoms with van der Waals surface area (Å²) in [6.07, 6.45) is 3.30. The lowest BCUT2D eigenvalue weighted by molar-refractivity contribution is 0.0443. The van der Waals surface area contributed by atoms with Gasteiger partial charge in [-0.05, 0) is 12.8 Å². The number of carbonyl (C=O) groups is 1. The average Bonchev–Trinajstić information content (AvgIpc) is 2.84. The fraction of sp³-hybridized carbons (Fsp3) is 0.600. The second kappa shape index (κ2) is 5.25. The van der Waals surface area contributed by atoms with Crippen LogP contribution in [0.2, 0.25) is 0 Å². The van der Waals surface area contributed by atoms with Crippen LogP contribution in [0.3, 0.4) is 0 Å². The van der Waals surface area contributed by atoms with E-state index in [1.807, 2.05) is 0 Å². The maximum atomic E-state index is 11.9. The Bertz CT molecular complexity index is 350. The van der Waals surface area contributed by atoms with Gasteiger partial charge in [0.15, 0.2) is 0 Å². The molecule has 1 aliphatic rings. The van der Waals surface area contributed by atoms with E-state index in [9.17, 15) is 4.79 Å². The fourth-order valence-corrected chi connectivity index (χ4v) is 2.90. The van der Waals surface area contributed by atoms with E-state index in [2.05, 4.69) is 26.2 Å². The van der Waals surface area contributed by atoms with Crippen LogP contribution in [0.4, 0.5) is 0 Å². The second-order valence-corrected chi connectivity index (χ2v) is 5.29. The van der Waals surface area contributed by atoms with Crippen LogP contribution in [-0.2, 0) is 4.74 Å². The first-order valence-electron chi connectivity index (χ1n) is 5.10. The van der Waals surface area contributed by atoms with Crippen LogP contribution < -0.4 is 5.32 Å². The van der Waals surface area contributed by atoms with Crippen LogP contribution in [0.15, 0.2) is 11.7 Å². The van der Waals surface area contributed by atoms with Crippen LogP contribution in [0, 0.1) is 0 Å². The van der Waals surface area contributed by atoms with Crippen molar-refractivity contribution in [3.63, 3.8) is 0 Å². The highest BCUT2D eigenvalue weighted by molar-refractivity contribution is 9.09. The summed E-state index contributed by atoms with van der Waals surface area (Å²) in [7, 11) is 0. The van der Waals surface area contributed by atoms with Crippen molar-refractivity contribution in [2.24, 2.45) is 0 Å². The first kappa shape index (κ1) is 12.0. The van der Waals surface area contributed by atoms with Gasteiger partial charge in [-0.1, -0.05) is 15.9 Å². The lowest BCUT2D eigenvalue weighted by Crippen LogP contribution is -2.53. The molecular weight excluding hydrogens is 292 g/mol. The van der Waals surface area contributed by atoms with E-state index in [-0.39, 0.29) is 11.4 Å². The van der Waals surface area contributed by atoms with Crippen LogP contribution in [-0.4, -0.2) is 35.0 Å². The number of thiazole rings is 1. The molecule has 4 nitrogen and oxygen atoms in total. The number of halogens is 1. The molecule has 0 aliphatic carbocycles. The smallest absolute Gasteiger partial charge is 0.263 e. The normalized spacial score (nSPS) is 19.3. The van der Waals surface area contributed by atoms with Crippen molar-refractivity contribution in [1.29, 1.82) is 0 Å². The molecule has 1 aromatic rings. The van der Waals surface area contributed by atoms with Gasteiger partial charge >= 0.3 is 0 Å². The molecule has 1 amide bonds. The summed E-state index contributed by atoms with van der Waals surface area (Å²) in [6, 6.07) is 0. The van der Waals surface area contributed by atoms with Crippen molar-refractivity contribution in [2.45, 2.75) is 18.4 Å². The molecule has 0 unspecified atom stereocenters. The SMILES string of the molecule is O=C(NC1(CBr)CCOCC1)c1cncs1. The van der Waals surface area contributed by atoms with Crippen molar-refractivity contribution in [1.82, 2.24) is 10.3 Å². The number of hydrogen-bond acceptors (Lipinski definition) is 4. The molecule has 1 aliphatic heterocycles. The van der Waals surface area contributed by atoms with Crippen LogP contribution in [0.1, 0.15) is 22.5 Å². The zero-order chi connectivity index (χ0) is 11.4. The van der Waals surface area contributed by atoms with E-state index in [4.69, 9.17) is 4.74 Å². The molecule has 0 spiro atoms. The number of aromatic nitrogens is 1. The Morgan fingerprint density at radius 1 is 1.62 bits per heavy atom. The third-order valence-corrected chi connectivity index (χ3v) is 4.59. The van der Waals surface area contributed by atoms with E-state index >= 15 is 0 Å². The topological polar surface area (TPSA) is 51.2 Å². The van der Waals surface area contributed by atoms with Crippen molar-refractivity contribution in [3.05, 3.63) is 16.6 Å². The predicted molar refractivity (Wildman–Crippen MR) is 66.2 cm³/mol. The number of amides is 1. The lowest BCUT2D eigenvalue weighted by atomic mass is 9.92. The molecule has 2 heterocycles. The van der Waals surface area contributed by atoms with Gasteiger partial charge in [0.1, 0.15) is 4.88 Å². The number of nitrogens with one attached hydrogen (secondary N) is 1. The van der Waals surface area contributed by atoms with Gasteiger partial charge in [0, 0.05) is 18.5 Å². The van der Waals surface area contributed by atoms with Gasteiger partial charge in [-0.15, -0.1) is 11.3 Å². The number of hydrogen-bond donors (Lipinski definition) is 1. The molecule has 0 atom stereocenters. The third kappa shape index (κ3) is 2.61. The number of alkyl halides is 1. The number of rotatable bonds is 3. The molecule has 0 saturated carbocycles. The number of nitrogens with zero attached hydrogens (tertiary/aromatic N) is 1. The highest BCUT2D eigenvalue weighted by Gasteiger charge is 2.33. The Morgan fingerprint density at radius 3 is 2.94 bits per heavy atom. The summed E-state index contributed by atoms with van der Waals surface area (Å²) in [5, 5.41) is 3.85. The van der Waals surface area contributed by atoms with Crippen LogP contribution in [0.5, 0.6) is 0 Å². The van der Waals surface area contributed by atoms with Gasteiger partial charge in [0.05, 0.1) is 17.2 Å². The fourth-order valence-electron chi connectivity index (χ4n) is 1.68. The van der Waals surface area contributed by atoms with Crippen LogP contribution >= 0.6 is 27.3 Å². The Hall–Kier alpha value is -0.460. The Labute approximate surface area is 107 Å². The van der Waals surface area contributed by atoms with E-state index in [0.29, 0.717) is 18.1 Å². The predicted octanol–water partition coefficient (Wildman–Crippen LogP) is 1.82. The minimum atomic E-state index is -0.167. The summed E-state index contributed by atoms with van der Waals surface area (Å²) in [5.74, 6) is -0.0381. The molecule has 16 heavy (non-hydrogen) atoms. The van der Waals surface area contributed by atoms with Crippen molar-refractivity contribution < 1.29 is 9.53 Å². The van der Waals surface area contributed by atoms with E-state index < -0.39 is 0 Å². The molecular formula is C10H13BrN2O2S. The molecule has 88 valence electrons. The third-order valence-electron chi connectivity index (χ3n) is 2.74. The number of ether oxygens (including phenoxy) is 1. The van der Waals surface area contributed by atoms with Gasteiger partial charge in [-0.3, -0.25) is 9.78 Å². The van der Waals surface area contributed by atoms with Crippen molar-refractivity contribution in [3.8, 4) is 0 Å². The monoisotopic (exact) mass is 304 g/mol. The quantitative estimate of drug-likeness (QED) is 0.867. The van der Waals surface area contributed by atoms with Gasteiger partial charge in [0.2, 0.25) is 0 Å². The molecule has 1 N–H and O–H groups in total. The Balaban J connectivity index is 2.03. The molecule has 0 radical (unpaired) electrons. The summed E-state index contributed by atoms with van der Waals surface area (Å²) < 4.78 is 5.32. The zero-order valence-electron chi connectivity index (χ0n) is 8.74. The molecule has 6 heteroatoms. The summed E-state index contributed by atoms with van der Waals surface area (Å²) in [6.45, 7) is 1.41. The van der Waals surface area contributed by atoms with E-state index in [0.717, 1.165) is 18.2 Å². The van der Waals surface area contributed by atoms with Gasteiger partial charge < -0.3 is 10.1 Å². The summed E-state index contributed by atoms with van der Waals surface area (Å²) in [5.41, 5.74) is 1.50. The second-order valence-electron chi connectivity index (χ2n) is 3.85. The highest BCUT2D eigenvalue weighted by atomic mass is 79.9. The van der Waals surface area contributed by atoms with Gasteiger partial charge in [0.25, 0.3) is 5.91 Å². The van der Waals surface area contributed by atoms with Crippen molar-refractivity contribution >= 4 is 33.2 Å².